The number of hydrogen-bond donors (Lipinski definition) is 0. The SMILES string of the molecule is CCC1(CC)c2cc(C#N)ccc2-c2c1c1c(c3cc(OC)ccc23)OC(c2ccccc2)(c2ccc(OC)cc2)C=C1. The second-order valence-corrected chi connectivity index (χ2v) is 11.3. The maximum Gasteiger partial charge on any atom is 0.178 e. The summed E-state index contributed by atoms with van der Waals surface area (Å²) in [6, 6.07) is 33.4. The Morgan fingerprint density at radius 2 is 1.47 bits per heavy atom. The molecule has 1 aliphatic heterocycles. The largest absolute Gasteiger partial charge is 0.497 e. The lowest BCUT2D eigenvalue weighted by Gasteiger charge is -2.39. The van der Waals surface area contributed by atoms with E-state index in [0.29, 0.717) is 5.56 Å². The van der Waals surface area contributed by atoms with Crippen LogP contribution in [-0.4, -0.2) is 14.2 Å². The van der Waals surface area contributed by atoms with Gasteiger partial charge in [-0.2, -0.15) is 5.26 Å². The third-order valence-corrected chi connectivity index (χ3v) is 9.59. The van der Waals surface area contributed by atoms with Crippen LogP contribution in [0.15, 0.2) is 97.1 Å². The number of benzene rings is 5. The summed E-state index contributed by atoms with van der Waals surface area (Å²) >= 11 is 0. The van der Waals surface area contributed by atoms with Crippen molar-refractivity contribution in [2.24, 2.45) is 0 Å². The number of nitriles is 1. The van der Waals surface area contributed by atoms with Crippen LogP contribution < -0.4 is 14.2 Å². The lowest BCUT2D eigenvalue weighted by Crippen LogP contribution is -2.35. The Bertz CT molecular complexity index is 1950. The van der Waals surface area contributed by atoms with Gasteiger partial charge in [0.25, 0.3) is 0 Å². The van der Waals surface area contributed by atoms with Crippen LogP contribution in [0.3, 0.4) is 0 Å². The number of rotatable bonds is 6. The molecular formula is C39H33NO3. The minimum absolute atomic E-state index is 0.254. The normalized spacial score (nSPS) is 17.4. The first kappa shape index (κ1) is 26.9. The minimum atomic E-state index is -0.856. The van der Waals surface area contributed by atoms with Crippen LogP contribution in [0.1, 0.15) is 60.1 Å². The van der Waals surface area contributed by atoms with E-state index in [0.717, 1.165) is 57.6 Å². The highest BCUT2D eigenvalue weighted by Crippen LogP contribution is 2.60. The topological polar surface area (TPSA) is 51.5 Å². The first-order valence-electron chi connectivity index (χ1n) is 14.8. The van der Waals surface area contributed by atoms with Crippen molar-refractivity contribution in [3.63, 3.8) is 0 Å². The van der Waals surface area contributed by atoms with Gasteiger partial charge < -0.3 is 14.2 Å². The van der Waals surface area contributed by atoms with Crippen LogP contribution in [0.25, 0.3) is 28.0 Å². The Morgan fingerprint density at radius 1 is 0.767 bits per heavy atom. The van der Waals surface area contributed by atoms with Crippen LogP contribution in [0.5, 0.6) is 17.2 Å². The molecule has 0 fully saturated rings. The molecule has 1 heterocycles. The van der Waals surface area contributed by atoms with Crippen LogP contribution in [0.2, 0.25) is 0 Å². The lowest BCUT2D eigenvalue weighted by molar-refractivity contribution is 0.163. The second-order valence-electron chi connectivity index (χ2n) is 11.3. The smallest absolute Gasteiger partial charge is 0.178 e. The Balaban J connectivity index is 1.59. The molecule has 0 saturated carbocycles. The molecule has 0 saturated heterocycles. The fourth-order valence-electron chi connectivity index (χ4n) is 7.37. The second kappa shape index (κ2) is 10.1. The molecule has 0 radical (unpaired) electrons. The molecule has 0 bridgehead atoms. The van der Waals surface area contributed by atoms with E-state index in [1.54, 1.807) is 14.2 Å². The fourth-order valence-corrected chi connectivity index (χ4v) is 7.37. The number of hydrogen-bond acceptors (Lipinski definition) is 4. The van der Waals surface area contributed by atoms with E-state index in [-0.39, 0.29) is 5.41 Å². The van der Waals surface area contributed by atoms with E-state index in [4.69, 9.17) is 14.2 Å². The first-order chi connectivity index (χ1) is 21.0. The zero-order valence-electron chi connectivity index (χ0n) is 24.9. The standard InChI is InChI=1S/C39H33NO3/c1-5-38(6-2)34-22-25(24-40)12-18-31(34)35-30-19-17-29(42-4)23-33(30)37-32(36(35)38)20-21-39(43-37,26-10-8-7-9-11-26)27-13-15-28(41-3)16-14-27/h7-23H,5-6H2,1-4H3. The average Bonchev–Trinajstić information content (AvgIpc) is 3.38. The third-order valence-electron chi connectivity index (χ3n) is 9.59. The molecule has 4 heteroatoms. The van der Waals surface area contributed by atoms with Crippen LogP contribution in [-0.2, 0) is 11.0 Å². The Morgan fingerprint density at radius 3 is 2.14 bits per heavy atom. The van der Waals surface area contributed by atoms with Gasteiger partial charge in [0.1, 0.15) is 17.2 Å². The van der Waals surface area contributed by atoms with Crippen LogP contribution in [0.4, 0.5) is 0 Å². The number of fused-ring (bicyclic) bond motifs is 8. The Labute approximate surface area is 252 Å². The van der Waals surface area contributed by atoms with Crippen molar-refractivity contribution in [3.8, 4) is 34.4 Å². The molecule has 0 amide bonds. The summed E-state index contributed by atoms with van der Waals surface area (Å²) < 4.78 is 18.6. The maximum absolute atomic E-state index is 9.83. The summed E-state index contributed by atoms with van der Waals surface area (Å²) in [5.41, 5.74) is 7.64. The van der Waals surface area contributed by atoms with Crippen LogP contribution >= 0.6 is 0 Å². The summed E-state index contributed by atoms with van der Waals surface area (Å²) in [7, 11) is 3.38. The van der Waals surface area contributed by atoms with Crippen molar-refractivity contribution in [2.75, 3.05) is 14.2 Å². The van der Waals surface area contributed by atoms with Gasteiger partial charge in [-0.15, -0.1) is 0 Å². The molecule has 0 spiro atoms. The van der Waals surface area contributed by atoms with Gasteiger partial charge in [-0.25, -0.2) is 0 Å². The molecule has 1 aliphatic carbocycles. The first-order valence-corrected chi connectivity index (χ1v) is 14.8. The molecule has 1 unspecified atom stereocenters. The van der Waals surface area contributed by atoms with E-state index in [9.17, 15) is 5.26 Å². The van der Waals surface area contributed by atoms with Gasteiger partial charge in [0.2, 0.25) is 0 Å². The quantitative estimate of drug-likeness (QED) is 0.207. The molecule has 2 aliphatic rings. The van der Waals surface area contributed by atoms with Gasteiger partial charge >= 0.3 is 0 Å². The summed E-state index contributed by atoms with van der Waals surface area (Å²) in [6.07, 6.45) is 6.29. The number of ether oxygens (including phenoxy) is 3. The molecule has 212 valence electrons. The van der Waals surface area contributed by atoms with E-state index in [1.165, 1.54) is 22.3 Å². The monoisotopic (exact) mass is 563 g/mol. The number of methoxy groups -OCH3 is 2. The van der Waals surface area contributed by atoms with E-state index in [1.807, 2.05) is 30.3 Å². The average molecular weight is 564 g/mol. The predicted molar refractivity (Wildman–Crippen MR) is 172 cm³/mol. The Kier molecular flexibility index (Phi) is 6.29. The highest BCUT2D eigenvalue weighted by Gasteiger charge is 2.47. The van der Waals surface area contributed by atoms with Crippen molar-refractivity contribution in [1.82, 2.24) is 0 Å². The van der Waals surface area contributed by atoms with Gasteiger partial charge in [0, 0.05) is 27.5 Å². The van der Waals surface area contributed by atoms with Gasteiger partial charge in [0.05, 0.1) is 25.9 Å². The molecule has 0 N–H and O–H groups in total. The van der Waals surface area contributed by atoms with Gasteiger partial charge in [-0.1, -0.05) is 68.5 Å². The van der Waals surface area contributed by atoms with Crippen molar-refractivity contribution in [3.05, 3.63) is 130 Å². The minimum Gasteiger partial charge on any atom is -0.497 e. The lowest BCUT2D eigenvalue weighted by atomic mass is 9.71. The number of nitrogens with zero attached hydrogens (tertiary/aromatic N) is 1. The Hall–Kier alpha value is -5.01. The van der Waals surface area contributed by atoms with Crippen LogP contribution in [0, 0.1) is 11.3 Å². The van der Waals surface area contributed by atoms with Gasteiger partial charge in [0.15, 0.2) is 5.60 Å². The molecular weight excluding hydrogens is 530 g/mol. The van der Waals surface area contributed by atoms with Crippen molar-refractivity contribution in [2.45, 2.75) is 37.7 Å². The maximum atomic E-state index is 9.83. The molecule has 5 aromatic carbocycles. The van der Waals surface area contributed by atoms with E-state index in [2.05, 4.69) is 92.7 Å². The molecule has 1 atom stereocenters. The molecule has 43 heavy (non-hydrogen) atoms. The van der Waals surface area contributed by atoms with Crippen molar-refractivity contribution < 1.29 is 14.2 Å². The fraction of sp³-hybridized carbons (Fsp3) is 0.205. The van der Waals surface area contributed by atoms with Gasteiger partial charge in [-0.05, 0) is 89.0 Å². The molecule has 7 rings (SSSR count). The van der Waals surface area contributed by atoms with Crippen molar-refractivity contribution in [1.29, 1.82) is 5.26 Å². The summed E-state index contributed by atoms with van der Waals surface area (Å²) in [6.45, 7) is 4.51. The zero-order chi connectivity index (χ0) is 29.8. The predicted octanol–water partition coefficient (Wildman–Crippen LogP) is 9.16. The van der Waals surface area contributed by atoms with Crippen molar-refractivity contribution >= 4 is 16.8 Å². The van der Waals surface area contributed by atoms with Gasteiger partial charge in [-0.3, -0.25) is 0 Å². The zero-order valence-corrected chi connectivity index (χ0v) is 24.9. The highest BCUT2D eigenvalue weighted by molar-refractivity contribution is 6.09. The van der Waals surface area contributed by atoms with E-state index < -0.39 is 5.60 Å². The van der Waals surface area contributed by atoms with E-state index >= 15 is 0 Å². The summed E-state index contributed by atoms with van der Waals surface area (Å²) in [4.78, 5) is 0. The molecule has 0 aromatic heterocycles. The molecule has 5 aromatic rings. The summed E-state index contributed by atoms with van der Waals surface area (Å²) in [5, 5.41) is 12.0. The molecule has 4 nitrogen and oxygen atoms in total. The summed E-state index contributed by atoms with van der Waals surface area (Å²) in [5.74, 6) is 2.41. The third kappa shape index (κ3) is 3.74. The highest BCUT2D eigenvalue weighted by atomic mass is 16.5.